The number of rotatable bonds is 3. The van der Waals surface area contributed by atoms with Gasteiger partial charge in [-0.1, -0.05) is 11.1 Å². The smallest absolute Gasteiger partial charge is 0.0192 e. The van der Waals surface area contributed by atoms with Crippen LogP contribution < -0.4 is 0 Å². The molecule has 1 heterocycles. The van der Waals surface area contributed by atoms with Crippen LogP contribution in [-0.2, 0) is 0 Å². The summed E-state index contributed by atoms with van der Waals surface area (Å²) in [4.78, 5) is 2.74. The molecule has 5 rings (SSSR count). The summed E-state index contributed by atoms with van der Waals surface area (Å²) < 4.78 is 0. The van der Waals surface area contributed by atoms with Crippen LogP contribution in [0.15, 0.2) is 11.1 Å². The first-order chi connectivity index (χ1) is 9.62. The molecule has 0 unspecified atom stereocenters. The molecule has 5 aliphatic rings. The van der Waals surface area contributed by atoms with Crippen LogP contribution in [0.1, 0.15) is 65.2 Å². The Balaban J connectivity index is 0.00000132. The summed E-state index contributed by atoms with van der Waals surface area (Å²) in [5.41, 5.74) is 4.07. The van der Waals surface area contributed by atoms with Crippen molar-refractivity contribution in [3.8, 4) is 0 Å². The second kappa shape index (κ2) is 5.89. The van der Waals surface area contributed by atoms with E-state index in [9.17, 15) is 0 Å². The summed E-state index contributed by atoms with van der Waals surface area (Å²) in [6, 6.07) is 0. The Kier molecular flexibility index (Phi) is 4.45. The highest BCUT2D eigenvalue weighted by atomic mass is 35.5. The third kappa shape index (κ3) is 3.06. The Morgan fingerprint density at radius 1 is 0.952 bits per heavy atom. The minimum Gasteiger partial charge on any atom is -0.299 e. The zero-order valence-electron chi connectivity index (χ0n) is 13.9. The van der Waals surface area contributed by atoms with Gasteiger partial charge in [-0.15, -0.1) is 12.4 Å². The first kappa shape index (κ1) is 15.9. The second-order valence-electron chi connectivity index (χ2n) is 8.75. The van der Waals surface area contributed by atoms with Gasteiger partial charge in [0.1, 0.15) is 0 Å². The van der Waals surface area contributed by atoms with Crippen LogP contribution >= 0.6 is 12.4 Å². The second-order valence-corrected chi connectivity index (χ2v) is 8.75. The molecular formula is C19H32ClN. The van der Waals surface area contributed by atoms with E-state index in [2.05, 4.69) is 18.7 Å². The van der Waals surface area contributed by atoms with Crippen LogP contribution in [-0.4, -0.2) is 24.5 Å². The molecule has 4 bridgehead atoms. The van der Waals surface area contributed by atoms with Gasteiger partial charge in [0.25, 0.3) is 0 Å². The van der Waals surface area contributed by atoms with Crippen LogP contribution in [0, 0.1) is 23.2 Å². The van der Waals surface area contributed by atoms with Gasteiger partial charge < -0.3 is 0 Å². The fourth-order valence-electron chi connectivity index (χ4n) is 6.27. The number of hydrogen-bond donors (Lipinski definition) is 0. The largest absolute Gasteiger partial charge is 0.299 e. The van der Waals surface area contributed by atoms with Crippen LogP contribution in [0.2, 0.25) is 0 Å². The summed E-state index contributed by atoms with van der Waals surface area (Å²) in [6.07, 6.45) is 12.3. The lowest BCUT2D eigenvalue weighted by Gasteiger charge is -2.57. The summed E-state index contributed by atoms with van der Waals surface area (Å²) in [6.45, 7) is 8.60. The molecule has 0 N–H and O–H groups in total. The van der Waals surface area contributed by atoms with Crippen molar-refractivity contribution in [3.05, 3.63) is 11.1 Å². The van der Waals surface area contributed by atoms with Crippen molar-refractivity contribution in [3.63, 3.8) is 0 Å². The average Bonchev–Trinajstić information content (AvgIpc) is 2.39. The highest BCUT2D eigenvalue weighted by Gasteiger charge is 2.50. The molecule has 0 spiro atoms. The van der Waals surface area contributed by atoms with E-state index in [1.165, 1.54) is 32.5 Å². The lowest BCUT2D eigenvalue weighted by atomic mass is 9.49. The first-order valence-corrected chi connectivity index (χ1v) is 8.99. The minimum atomic E-state index is 0. The predicted octanol–water partition coefficient (Wildman–Crippen LogP) is 5.06. The Labute approximate surface area is 137 Å². The molecule has 120 valence electrons. The summed E-state index contributed by atoms with van der Waals surface area (Å²) in [7, 11) is 0. The van der Waals surface area contributed by atoms with Gasteiger partial charge in [0.2, 0.25) is 0 Å². The number of halogens is 1. The van der Waals surface area contributed by atoms with Crippen LogP contribution in [0.4, 0.5) is 0 Å². The highest BCUT2D eigenvalue weighted by Crippen LogP contribution is 2.61. The van der Waals surface area contributed by atoms with Crippen LogP contribution in [0.3, 0.4) is 0 Å². The minimum absolute atomic E-state index is 0. The van der Waals surface area contributed by atoms with Gasteiger partial charge in [0, 0.05) is 13.1 Å². The van der Waals surface area contributed by atoms with E-state index in [1.54, 1.807) is 49.7 Å². The third-order valence-electron chi connectivity index (χ3n) is 7.12. The van der Waals surface area contributed by atoms with E-state index in [0.29, 0.717) is 0 Å². The first-order valence-electron chi connectivity index (χ1n) is 8.99. The van der Waals surface area contributed by atoms with Gasteiger partial charge in [0.05, 0.1) is 0 Å². The van der Waals surface area contributed by atoms with Gasteiger partial charge >= 0.3 is 0 Å². The lowest BCUT2D eigenvalue weighted by Crippen LogP contribution is -2.47. The summed E-state index contributed by atoms with van der Waals surface area (Å²) in [5.74, 6) is 3.35. The quantitative estimate of drug-likeness (QED) is 0.659. The number of nitrogens with zero attached hydrogens (tertiary/aromatic N) is 1. The fourth-order valence-corrected chi connectivity index (χ4v) is 6.27. The van der Waals surface area contributed by atoms with Gasteiger partial charge in [-0.2, -0.15) is 0 Å². The normalized spacial score (nSPS) is 42.3. The monoisotopic (exact) mass is 309 g/mol. The maximum atomic E-state index is 2.74. The molecule has 0 saturated heterocycles. The van der Waals surface area contributed by atoms with Gasteiger partial charge in [-0.3, -0.25) is 4.90 Å². The van der Waals surface area contributed by atoms with Crippen molar-refractivity contribution in [1.82, 2.24) is 4.90 Å². The Bertz CT molecular complexity index is 390. The molecule has 0 atom stereocenters. The van der Waals surface area contributed by atoms with Crippen molar-refractivity contribution in [2.24, 2.45) is 23.2 Å². The van der Waals surface area contributed by atoms with Crippen molar-refractivity contribution >= 4 is 12.4 Å². The van der Waals surface area contributed by atoms with Crippen molar-refractivity contribution in [2.45, 2.75) is 65.2 Å². The molecule has 0 aromatic heterocycles. The maximum absolute atomic E-state index is 2.74. The van der Waals surface area contributed by atoms with E-state index in [1.807, 2.05) is 0 Å². The zero-order chi connectivity index (χ0) is 13.7. The Hall–Kier alpha value is -0.0100. The molecule has 0 radical (unpaired) electrons. The van der Waals surface area contributed by atoms with E-state index in [4.69, 9.17) is 0 Å². The molecule has 1 aliphatic heterocycles. The predicted molar refractivity (Wildman–Crippen MR) is 91.9 cm³/mol. The molecule has 21 heavy (non-hydrogen) atoms. The molecule has 0 aromatic rings. The molecule has 4 aliphatic carbocycles. The molecule has 0 aromatic carbocycles. The van der Waals surface area contributed by atoms with Crippen molar-refractivity contribution < 1.29 is 0 Å². The molecule has 1 nitrogen and oxygen atoms in total. The molecule has 4 saturated carbocycles. The summed E-state index contributed by atoms with van der Waals surface area (Å²) >= 11 is 0. The maximum Gasteiger partial charge on any atom is 0.0192 e. The molecule has 0 amide bonds. The van der Waals surface area contributed by atoms with Gasteiger partial charge in [-0.05, 0) is 94.9 Å². The molecular weight excluding hydrogens is 278 g/mol. The van der Waals surface area contributed by atoms with E-state index in [0.717, 1.165) is 23.2 Å². The van der Waals surface area contributed by atoms with Gasteiger partial charge in [0.15, 0.2) is 0 Å². The number of hydrogen-bond acceptors (Lipinski definition) is 1. The van der Waals surface area contributed by atoms with Gasteiger partial charge in [-0.25, -0.2) is 0 Å². The average molecular weight is 310 g/mol. The van der Waals surface area contributed by atoms with E-state index in [-0.39, 0.29) is 12.4 Å². The van der Waals surface area contributed by atoms with Crippen LogP contribution in [0.5, 0.6) is 0 Å². The van der Waals surface area contributed by atoms with E-state index >= 15 is 0 Å². The highest BCUT2D eigenvalue weighted by molar-refractivity contribution is 5.85. The summed E-state index contributed by atoms with van der Waals surface area (Å²) in [5, 5.41) is 0. The Morgan fingerprint density at radius 3 is 2.05 bits per heavy atom. The van der Waals surface area contributed by atoms with Crippen LogP contribution in [0.25, 0.3) is 0 Å². The van der Waals surface area contributed by atoms with Crippen molar-refractivity contribution in [2.75, 3.05) is 19.6 Å². The van der Waals surface area contributed by atoms with E-state index < -0.39 is 0 Å². The third-order valence-corrected chi connectivity index (χ3v) is 7.12. The topological polar surface area (TPSA) is 3.24 Å². The SMILES string of the molecule is CC1=C(C)CN(CCC23CC4CC(CC(C4)C2)C3)CC1.Cl. The standard InChI is InChI=1S/C19H31N.ClH/c1-14-3-5-20(13-15(14)2)6-4-19-10-16-7-17(11-19)9-18(8-16)12-19;/h16-18H,3-13H2,1-2H3;1H. The van der Waals surface area contributed by atoms with Crippen molar-refractivity contribution in [1.29, 1.82) is 0 Å². The lowest BCUT2D eigenvalue weighted by molar-refractivity contribution is -0.0608. The fraction of sp³-hybridized carbons (Fsp3) is 0.895. The molecule has 2 heteroatoms. The zero-order valence-corrected chi connectivity index (χ0v) is 14.7. The molecule has 4 fully saturated rings. The Morgan fingerprint density at radius 2 is 1.52 bits per heavy atom.